The summed E-state index contributed by atoms with van der Waals surface area (Å²) in [6.07, 6.45) is 2.38. The van der Waals surface area contributed by atoms with Crippen molar-refractivity contribution in [3.05, 3.63) is 0 Å². The second-order valence-corrected chi connectivity index (χ2v) is 9.71. The number of nitrogens with zero attached hydrogens (tertiary/aromatic N) is 2. The van der Waals surface area contributed by atoms with E-state index in [1.165, 1.54) is 14.2 Å². The molecule has 0 saturated carbocycles. The Labute approximate surface area is 198 Å². The number of rotatable bonds is 10. The van der Waals surface area contributed by atoms with E-state index >= 15 is 0 Å². The van der Waals surface area contributed by atoms with Crippen molar-refractivity contribution in [1.29, 1.82) is 0 Å². The van der Waals surface area contributed by atoms with Gasteiger partial charge in [0.1, 0.15) is 6.67 Å². The predicted octanol–water partition coefficient (Wildman–Crippen LogP) is 4.48. The molecule has 0 heterocycles. The van der Waals surface area contributed by atoms with Gasteiger partial charge < -0.3 is 20.1 Å². The molecule has 0 aromatic rings. The van der Waals surface area contributed by atoms with Gasteiger partial charge in [-0.15, -0.1) is 0 Å². The zero-order chi connectivity index (χ0) is 24.2. The third-order valence-corrected chi connectivity index (χ3v) is 6.36. The second kappa shape index (κ2) is 13.7. The Balaban J connectivity index is 5.24. The molecule has 2 N–H and O–H groups in total. The van der Waals surface area contributed by atoms with Crippen molar-refractivity contribution in [3.8, 4) is 0 Å². The Morgan fingerprint density at radius 3 is 1.35 bits per heavy atom. The fraction of sp³-hybridized carbons (Fsp3) is 0.810. The van der Waals surface area contributed by atoms with Crippen LogP contribution in [0.3, 0.4) is 0 Å². The topological polar surface area (TPSA) is 83.1 Å². The van der Waals surface area contributed by atoms with E-state index in [4.69, 9.17) is 33.9 Å². The summed E-state index contributed by atoms with van der Waals surface area (Å²) in [5.74, 6) is 0. The van der Waals surface area contributed by atoms with E-state index in [1.54, 1.807) is 0 Å². The first-order valence-electron chi connectivity index (χ1n) is 10.6. The summed E-state index contributed by atoms with van der Waals surface area (Å²) in [6.45, 7) is 13.9. The van der Waals surface area contributed by atoms with Gasteiger partial charge in [-0.1, -0.05) is 54.4 Å². The quantitative estimate of drug-likeness (QED) is 0.353. The Hall–Kier alpha value is -1.68. The summed E-state index contributed by atoms with van der Waals surface area (Å²) in [6, 6.07) is 0. The minimum Gasteiger partial charge on any atom is -0.452 e. The van der Waals surface area contributed by atoms with Gasteiger partial charge in [0.25, 0.3) is 0 Å². The number of carbonyl (C=O) groups is 2. The van der Waals surface area contributed by atoms with Gasteiger partial charge >= 0.3 is 12.2 Å². The average molecular weight is 477 g/mol. The van der Waals surface area contributed by atoms with Gasteiger partial charge in [0, 0.05) is 13.1 Å². The third-order valence-electron chi connectivity index (χ3n) is 5.63. The molecule has 0 unspecified atom stereocenters. The van der Waals surface area contributed by atoms with E-state index < -0.39 is 12.2 Å². The summed E-state index contributed by atoms with van der Waals surface area (Å²) < 4.78 is 9.71. The van der Waals surface area contributed by atoms with Crippen molar-refractivity contribution in [2.75, 3.05) is 34.0 Å². The summed E-state index contributed by atoms with van der Waals surface area (Å²) in [5.41, 5.74) is 0.295. The molecule has 0 bridgehead atoms. The molecule has 0 aromatic heterocycles. The maximum absolute atomic E-state index is 12.4. The van der Waals surface area contributed by atoms with E-state index in [0.29, 0.717) is 13.1 Å². The van der Waals surface area contributed by atoms with E-state index in [0.717, 1.165) is 35.5 Å². The molecule has 0 aliphatic carbocycles. The van der Waals surface area contributed by atoms with E-state index in [9.17, 15) is 9.59 Å². The van der Waals surface area contributed by atoms with Crippen LogP contribution in [-0.4, -0.2) is 66.2 Å². The Bertz CT molecular complexity index is 575. The number of ether oxygens (including phenoxy) is 2. The van der Waals surface area contributed by atoms with Crippen LogP contribution in [0.2, 0.25) is 0 Å². The first-order chi connectivity index (χ1) is 14.3. The number of hydrogen-bond acceptors (Lipinski definition) is 6. The van der Waals surface area contributed by atoms with Crippen LogP contribution in [0.1, 0.15) is 67.2 Å². The van der Waals surface area contributed by atoms with Crippen LogP contribution in [0.5, 0.6) is 0 Å². The van der Waals surface area contributed by atoms with Crippen LogP contribution in [-0.2, 0) is 9.47 Å². The molecule has 10 heteroatoms. The fourth-order valence-corrected chi connectivity index (χ4v) is 2.80. The normalized spacial score (nSPS) is 11.4. The molecule has 0 rings (SSSR count). The summed E-state index contributed by atoms with van der Waals surface area (Å²) in [5, 5.41) is 6.46. The predicted molar refractivity (Wildman–Crippen MR) is 132 cm³/mol. The van der Waals surface area contributed by atoms with Crippen LogP contribution in [0, 0.1) is 10.8 Å². The van der Waals surface area contributed by atoms with E-state index in [2.05, 4.69) is 52.2 Å². The highest BCUT2D eigenvalue weighted by molar-refractivity contribution is 7.80. The molecular formula is C21H40N4O4S2. The molecule has 31 heavy (non-hydrogen) atoms. The number of carbonyl (C=O) groups excluding carboxylic acids is 2. The molecule has 8 nitrogen and oxygen atoms in total. The van der Waals surface area contributed by atoms with Crippen molar-refractivity contribution in [3.63, 3.8) is 0 Å². The molecule has 0 saturated heterocycles. The lowest BCUT2D eigenvalue weighted by Gasteiger charge is -2.31. The maximum Gasteiger partial charge on any atom is 0.417 e. The molecule has 180 valence electrons. The van der Waals surface area contributed by atoms with Gasteiger partial charge in [0.05, 0.1) is 14.2 Å². The lowest BCUT2D eigenvalue weighted by molar-refractivity contribution is 0.117. The summed E-state index contributed by atoms with van der Waals surface area (Å²) in [7, 11) is 2.51. The van der Waals surface area contributed by atoms with Gasteiger partial charge in [-0.3, -0.25) is 0 Å². The van der Waals surface area contributed by atoms with Crippen LogP contribution < -0.4 is 10.6 Å². The molecule has 0 fully saturated rings. The van der Waals surface area contributed by atoms with Gasteiger partial charge in [0.2, 0.25) is 0 Å². The zero-order valence-electron chi connectivity index (χ0n) is 20.3. The van der Waals surface area contributed by atoms with Gasteiger partial charge in [-0.05, 0) is 48.1 Å². The largest absolute Gasteiger partial charge is 0.452 e. The van der Waals surface area contributed by atoms with Crippen molar-refractivity contribution in [1.82, 2.24) is 20.4 Å². The molecule has 0 atom stereocenters. The highest BCUT2D eigenvalue weighted by Gasteiger charge is 2.28. The minimum absolute atomic E-state index is 0.147. The SMILES string of the molecule is CCC(C)(C)CCNC(=S)N(CN(C(=O)OC)C(=S)NCCC(C)(C)CC)C(=O)OC. The first kappa shape index (κ1) is 29.3. The Morgan fingerprint density at radius 2 is 1.10 bits per heavy atom. The summed E-state index contributed by atoms with van der Waals surface area (Å²) >= 11 is 10.8. The fourth-order valence-electron chi connectivity index (χ4n) is 2.33. The molecule has 0 aliphatic heterocycles. The zero-order valence-corrected chi connectivity index (χ0v) is 21.9. The number of hydrogen-bond donors (Lipinski definition) is 2. The van der Waals surface area contributed by atoms with Crippen LogP contribution in [0.15, 0.2) is 0 Å². The van der Waals surface area contributed by atoms with Gasteiger partial charge in [-0.25, -0.2) is 19.4 Å². The number of thiocarbonyl (C=S) groups is 2. The monoisotopic (exact) mass is 476 g/mol. The van der Waals surface area contributed by atoms with Crippen LogP contribution in [0.25, 0.3) is 0 Å². The Morgan fingerprint density at radius 1 is 0.774 bits per heavy atom. The number of amides is 2. The van der Waals surface area contributed by atoms with Crippen molar-refractivity contribution < 1.29 is 19.1 Å². The molecule has 0 spiro atoms. The highest BCUT2D eigenvalue weighted by atomic mass is 32.1. The van der Waals surface area contributed by atoms with Crippen molar-refractivity contribution in [2.45, 2.75) is 67.2 Å². The highest BCUT2D eigenvalue weighted by Crippen LogP contribution is 2.24. The molecule has 2 amide bonds. The number of methoxy groups -OCH3 is 2. The van der Waals surface area contributed by atoms with Gasteiger partial charge in [0.15, 0.2) is 10.2 Å². The lowest BCUT2D eigenvalue weighted by atomic mass is 9.87. The molecule has 0 aliphatic rings. The molecule has 0 aromatic carbocycles. The Kier molecular flexibility index (Phi) is 12.9. The minimum atomic E-state index is -0.698. The van der Waals surface area contributed by atoms with E-state index in [-0.39, 0.29) is 27.7 Å². The van der Waals surface area contributed by atoms with Gasteiger partial charge in [-0.2, -0.15) is 0 Å². The smallest absolute Gasteiger partial charge is 0.417 e. The second-order valence-electron chi connectivity index (χ2n) is 8.94. The van der Waals surface area contributed by atoms with Crippen LogP contribution >= 0.6 is 24.4 Å². The molecule has 0 radical (unpaired) electrons. The third kappa shape index (κ3) is 11.0. The average Bonchev–Trinajstić information content (AvgIpc) is 2.72. The van der Waals surface area contributed by atoms with E-state index in [1.807, 2.05) is 0 Å². The number of nitrogens with one attached hydrogen (secondary N) is 2. The maximum atomic E-state index is 12.4. The standard InChI is InChI=1S/C21H40N4O4S2/c1-9-20(3,4)11-13-22-16(30)24(18(26)28-7)15-25(19(27)29-8)17(31)23-14-12-21(5,6)10-2/h9-15H2,1-8H3,(H,22,30)(H,23,31). The summed E-state index contributed by atoms with van der Waals surface area (Å²) in [4.78, 5) is 27.0. The van der Waals surface area contributed by atoms with Crippen molar-refractivity contribution >= 4 is 46.8 Å². The lowest BCUT2D eigenvalue weighted by Crippen LogP contribution is -2.54. The first-order valence-corrected chi connectivity index (χ1v) is 11.4. The van der Waals surface area contributed by atoms with Crippen molar-refractivity contribution in [2.24, 2.45) is 10.8 Å². The molecular weight excluding hydrogens is 436 g/mol. The van der Waals surface area contributed by atoms with Crippen LogP contribution in [0.4, 0.5) is 9.59 Å².